The lowest BCUT2D eigenvalue weighted by atomic mass is 10.1. The summed E-state index contributed by atoms with van der Waals surface area (Å²) in [4.78, 5) is 4.35. The highest BCUT2D eigenvalue weighted by molar-refractivity contribution is 6.34. The van der Waals surface area contributed by atoms with Gasteiger partial charge in [-0.2, -0.15) is 4.52 Å². The topological polar surface area (TPSA) is 43.1 Å². The minimum atomic E-state index is -0.333. The number of para-hydroxylation sites is 1. The van der Waals surface area contributed by atoms with Crippen LogP contribution in [-0.4, -0.2) is 19.8 Å². The zero-order valence-electron chi connectivity index (χ0n) is 10.7. The standard InChI is InChI=1S/C15H8ClFN4/c16-14-11-6-1-2-7-12(11)21-15(18-14)13(19-20-21)9-4-3-5-10(17)8-9/h1-8H. The summed E-state index contributed by atoms with van der Waals surface area (Å²) in [5.41, 5.74) is 2.43. The Morgan fingerprint density at radius 2 is 1.90 bits per heavy atom. The number of aromatic nitrogens is 4. The Bertz CT molecular complexity index is 980. The van der Waals surface area contributed by atoms with E-state index in [0.29, 0.717) is 22.1 Å². The molecular weight excluding hydrogens is 291 g/mol. The number of nitrogens with zero attached hydrogens (tertiary/aromatic N) is 4. The summed E-state index contributed by atoms with van der Waals surface area (Å²) in [6.07, 6.45) is 0. The first kappa shape index (κ1) is 12.2. The molecule has 0 aliphatic heterocycles. The molecule has 4 rings (SSSR count). The van der Waals surface area contributed by atoms with Crippen molar-refractivity contribution in [2.45, 2.75) is 0 Å². The summed E-state index contributed by atoms with van der Waals surface area (Å²) >= 11 is 6.23. The first-order chi connectivity index (χ1) is 10.2. The van der Waals surface area contributed by atoms with Crippen molar-refractivity contribution in [1.29, 1.82) is 0 Å². The van der Waals surface area contributed by atoms with Gasteiger partial charge in [-0.15, -0.1) is 5.10 Å². The van der Waals surface area contributed by atoms with E-state index in [0.717, 1.165) is 10.9 Å². The first-order valence-corrected chi connectivity index (χ1v) is 6.67. The fraction of sp³-hybridized carbons (Fsp3) is 0. The third-order valence-corrected chi connectivity index (χ3v) is 3.59. The van der Waals surface area contributed by atoms with E-state index in [-0.39, 0.29) is 5.82 Å². The summed E-state index contributed by atoms with van der Waals surface area (Å²) < 4.78 is 15.0. The van der Waals surface area contributed by atoms with Crippen LogP contribution in [0, 0.1) is 5.82 Å². The number of hydrogen-bond acceptors (Lipinski definition) is 3. The second kappa shape index (κ2) is 4.49. The van der Waals surface area contributed by atoms with Crippen LogP contribution in [0.3, 0.4) is 0 Å². The molecule has 0 spiro atoms. The summed E-state index contributed by atoms with van der Waals surface area (Å²) in [5, 5.41) is 9.41. The van der Waals surface area contributed by atoms with Gasteiger partial charge in [-0.1, -0.05) is 41.1 Å². The van der Waals surface area contributed by atoms with Crippen molar-refractivity contribution in [2.24, 2.45) is 0 Å². The Morgan fingerprint density at radius 1 is 1.05 bits per heavy atom. The van der Waals surface area contributed by atoms with Gasteiger partial charge in [0.1, 0.15) is 16.7 Å². The number of fused-ring (bicyclic) bond motifs is 3. The molecule has 4 aromatic rings. The van der Waals surface area contributed by atoms with Crippen LogP contribution in [0.2, 0.25) is 5.15 Å². The normalized spacial score (nSPS) is 11.3. The molecule has 0 saturated heterocycles. The van der Waals surface area contributed by atoms with Crippen molar-refractivity contribution >= 4 is 28.2 Å². The van der Waals surface area contributed by atoms with Gasteiger partial charge in [0.05, 0.1) is 5.52 Å². The van der Waals surface area contributed by atoms with Crippen molar-refractivity contribution < 1.29 is 4.39 Å². The second-order valence-corrected chi connectivity index (χ2v) is 4.96. The molecule has 4 nitrogen and oxygen atoms in total. The van der Waals surface area contributed by atoms with E-state index >= 15 is 0 Å². The minimum absolute atomic E-state index is 0.333. The van der Waals surface area contributed by atoms with Crippen LogP contribution in [-0.2, 0) is 0 Å². The maximum absolute atomic E-state index is 13.4. The van der Waals surface area contributed by atoms with E-state index < -0.39 is 0 Å². The zero-order chi connectivity index (χ0) is 14.4. The fourth-order valence-corrected chi connectivity index (χ4v) is 2.59. The molecule has 0 bridgehead atoms. The highest BCUT2D eigenvalue weighted by atomic mass is 35.5. The van der Waals surface area contributed by atoms with Crippen LogP contribution in [0.25, 0.3) is 27.8 Å². The van der Waals surface area contributed by atoms with Crippen LogP contribution in [0.4, 0.5) is 4.39 Å². The number of halogens is 2. The van der Waals surface area contributed by atoms with E-state index in [2.05, 4.69) is 15.3 Å². The van der Waals surface area contributed by atoms with Crippen molar-refractivity contribution in [1.82, 2.24) is 19.8 Å². The zero-order valence-corrected chi connectivity index (χ0v) is 11.4. The number of benzene rings is 2. The van der Waals surface area contributed by atoms with Crippen LogP contribution < -0.4 is 0 Å². The van der Waals surface area contributed by atoms with Gasteiger partial charge in [0, 0.05) is 10.9 Å². The van der Waals surface area contributed by atoms with E-state index in [1.54, 1.807) is 16.6 Å². The first-order valence-electron chi connectivity index (χ1n) is 6.29. The molecule has 0 amide bonds. The summed E-state index contributed by atoms with van der Waals surface area (Å²) in [5.74, 6) is -0.333. The molecule has 102 valence electrons. The Hall–Kier alpha value is -2.53. The van der Waals surface area contributed by atoms with Crippen molar-refractivity contribution in [2.75, 3.05) is 0 Å². The predicted molar refractivity (Wildman–Crippen MR) is 78.7 cm³/mol. The third-order valence-electron chi connectivity index (χ3n) is 3.30. The lowest BCUT2D eigenvalue weighted by Gasteiger charge is -2.03. The highest BCUT2D eigenvalue weighted by Gasteiger charge is 2.14. The van der Waals surface area contributed by atoms with Gasteiger partial charge in [0.15, 0.2) is 5.65 Å². The van der Waals surface area contributed by atoms with E-state index in [9.17, 15) is 4.39 Å². The molecule has 2 aromatic carbocycles. The van der Waals surface area contributed by atoms with Gasteiger partial charge in [0.25, 0.3) is 0 Å². The molecule has 0 aliphatic carbocycles. The van der Waals surface area contributed by atoms with Crippen LogP contribution >= 0.6 is 11.6 Å². The molecular formula is C15H8ClFN4. The molecule has 0 aliphatic rings. The van der Waals surface area contributed by atoms with Crippen molar-refractivity contribution in [3.8, 4) is 11.3 Å². The van der Waals surface area contributed by atoms with E-state index in [4.69, 9.17) is 11.6 Å². The molecule has 2 heterocycles. The van der Waals surface area contributed by atoms with Crippen LogP contribution in [0.5, 0.6) is 0 Å². The Morgan fingerprint density at radius 3 is 2.76 bits per heavy atom. The van der Waals surface area contributed by atoms with Crippen molar-refractivity contribution in [3.63, 3.8) is 0 Å². The summed E-state index contributed by atoms with van der Waals surface area (Å²) in [6, 6.07) is 13.7. The van der Waals surface area contributed by atoms with Crippen LogP contribution in [0.15, 0.2) is 48.5 Å². The van der Waals surface area contributed by atoms with Gasteiger partial charge >= 0.3 is 0 Å². The van der Waals surface area contributed by atoms with Gasteiger partial charge in [-0.25, -0.2) is 9.37 Å². The smallest absolute Gasteiger partial charge is 0.185 e. The average Bonchev–Trinajstić information content (AvgIpc) is 2.91. The molecule has 2 aromatic heterocycles. The lowest BCUT2D eigenvalue weighted by molar-refractivity contribution is 0.628. The number of hydrogen-bond donors (Lipinski definition) is 0. The SMILES string of the molecule is Fc1cccc(-c2nnn3c2nc(Cl)c2ccccc23)c1. The largest absolute Gasteiger partial charge is 0.214 e. The van der Waals surface area contributed by atoms with Gasteiger partial charge in [-0.3, -0.25) is 0 Å². The maximum atomic E-state index is 13.4. The lowest BCUT2D eigenvalue weighted by Crippen LogP contribution is -1.94. The highest BCUT2D eigenvalue weighted by Crippen LogP contribution is 2.27. The quantitative estimate of drug-likeness (QED) is 0.503. The van der Waals surface area contributed by atoms with Gasteiger partial charge in [-0.05, 0) is 24.3 Å². The molecule has 0 atom stereocenters. The molecule has 0 N–H and O–H groups in total. The Kier molecular flexibility index (Phi) is 2.62. The maximum Gasteiger partial charge on any atom is 0.185 e. The fourth-order valence-electron chi connectivity index (χ4n) is 2.35. The molecule has 0 fully saturated rings. The summed E-state index contributed by atoms with van der Waals surface area (Å²) in [7, 11) is 0. The molecule has 0 unspecified atom stereocenters. The van der Waals surface area contributed by atoms with E-state index in [1.807, 2.05) is 24.3 Å². The molecule has 0 saturated carbocycles. The number of rotatable bonds is 1. The molecule has 21 heavy (non-hydrogen) atoms. The monoisotopic (exact) mass is 298 g/mol. The van der Waals surface area contributed by atoms with Gasteiger partial charge in [0.2, 0.25) is 0 Å². The van der Waals surface area contributed by atoms with Crippen LogP contribution in [0.1, 0.15) is 0 Å². The Balaban J connectivity index is 2.09. The van der Waals surface area contributed by atoms with E-state index in [1.165, 1.54) is 12.1 Å². The predicted octanol–water partition coefficient (Wildman–Crippen LogP) is 3.74. The van der Waals surface area contributed by atoms with Crippen molar-refractivity contribution in [3.05, 3.63) is 59.5 Å². The summed E-state index contributed by atoms with van der Waals surface area (Å²) in [6.45, 7) is 0. The molecule has 6 heteroatoms. The minimum Gasteiger partial charge on any atom is -0.214 e. The second-order valence-electron chi connectivity index (χ2n) is 4.60. The third kappa shape index (κ3) is 1.86. The Labute approximate surface area is 123 Å². The van der Waals surface area contributed by atoms with Gasteiger partial charge < -0.3 is 0 Å². The average molecular weight is 299 g/mol. The molecule has 0 radical (unpaired) electrons.